The number of nitrogens with zero attached hydrogens (tertiary/aromatic N) is 1. The van der Waals surface area contributed by atoms with Crippen molar-refractivity contribution in [3.8, 4) is 11.5 Å². The monoisotopic (exact) mass is 188 g/mol. The summed E-state index contributed by atoms with van der Waals surface area (Å²) in [6, 6.07) is 8.01. The lowest BCUT2D eigenvalue weighted by molar-refractivity contribution is 0.573. The van der Waals surface area contributed by atoms with Crippen LogP contribution in [0, 0.1) is 0 Å². The van der Waals surface area contributed by atoms with Crippen molar-refractivity contribution in [2.45, 2.75) is 6.42 Å². The van der Waals surface area contributed by atoms with Gasteiger partial charge in [0.2, 0.25) is 5.89 Å². The maximum Gasteiger partial charge on any atom is 0.226 e. The largest absolute Gasteiger partial charge is 0.445 e. The van der Waals surface area contributed by atoms with Crippen LogP contribution in [0.5, 0.6) is 0 Å². The van der Waals surface area contributed by atoms with E-state index in [9.17, 15) is 0 Å². The van der Waals surface area contributed by atoms with Crippen LogP contribution >= 0.6 is 0 Å². The molecule has 0 aliphatic rings. The van der Waals surface area contributed by atoms with E-state index in [1.807, 2.05) is 24.3 Å². The van der Waals surface area contributed by atoms with Crippen LogP contribution in [0.25, 0.3) is 11.5 Å². The zero-order valence-electron chi connectivity index (χ0n) is 7.81. The summed E-state index contributed by atoms with van der Waals surface area (Å²) in [6.45, 7) is 0.637. The summed E-state index contributed by atoms with van der Waals surface area (Å²) in [7, 11) is 0. The first-order valence-corrected chi connectivity index (χ1v) is 4.59. The summed E-state index contributed by atoms with van der Waals surface area (Å²) >= 11 is 0. The van der Waals surface area contributed by atoms with Crippen molar-refractivity contribution in [2.75, 3.05) is 6.54 Å². The lowest BCUT2D eigenvalue weighted by Crippen LogP contribution is -2.03. The maximum absolute atomic E-state index is 5.53. The Labute approximate surface area is 82.6 Å². The van der Waals surface area contributed by atoms with Gasteiger partial charge >= 0.3 is 0 Å². The molecule has 72 valence electrons. The summed E-state index contributed by atoms with van der Waals surface area (Å²) in [5.74, 6) is 0.661. The van der Waals surface area contributed by atoms with E-state index in [0.717, 1.165) is 12.0 Å². The first kappa shape index (κ1) is 8.97. The van der Waals surface area contributed by atoms with Gasteiger partial charge in [-0.15, -0.1) is 0 Å². The molecule has 14 heavy (non-hydrogen) atoms. The number of benzene rings is 1. The van der Waals surface area contributed by atoms with Gasteiger partial charge in [0.25, 0.3) is 0 Å². The first-order valence-electron chi connectivity index (χ1n) is 4.59. The average molecular weight is 188 g/mol. The van der Waals surface area contributed by atoms with E-state index in [4.69, 9.17) is 10.2 Å². The summed E-state index contributed by atoms with van der Waals surface area (Å²) in [5, 5.41) is 0. The molecule has 1 heterocycles. The molecule has 1 aromatic heterocycles. The minimum absolute atomic E-state index is 0.637. The van der Waals surface area contributed by atoms with Crippen LogP contribution < -0.4 is 5.73 Å². The van der Waals surface area contributed by atoms with Gasteiger partial charge in [0, 0.05) is 5.56 Å². The molecule has 2 N–H and O–H groups in total. The van der Waals surface area contributed by atoms with Crippen LogP contribution in [0.2, 0.25) is 0 Å². The van der Waals surface area contributed by atoms with Crippen molar-refractivity contribution in [1.82, 2.24) is 4.98 Å². The molecule has 0 fully saturated rings. The molecule has 1 aromatic carbocycles. The zero-order valence-corrected chi connectivity index (χ0v) is 7.81. The third-order valence-corrected chi connectivity index (χ3v) is 2.09. The maximum atomic E-state index is 5.53. The standard InChI is InChI=1S/C11H12N2O/c12-6-5-9-3-1-2-4-10(9)11-13-7-8-14-11/h1-4,7-8H,5-6,12H2. The highest BCUT2D eigenvalue weighted by Gasteiger charge is 2.06. The third kappa shape index (κ3) is 1.67. The molecular formula is C11H12N2O. The molecule has 2 rings (SSSR count). The molecule has 0 spiro atoms. The summed E-state index contributed by atoms with van der Waals surface area (Å²) in [6.07, 6.45) is 4.07. The van der Waals surface area contributed by atoms with E-state index < -0.39 is 0 Å². The Morgan fingerprint density at radius 2 is 2.14 bits per heavy atom. The van der Waals surface area contributed by atoms with E-state index in [1.54, 1.807) is 12.5 Å². The van der Waals surface area contributed by atoms with Crippen LogP contribution in [-0.2, 0) is 6.42 Å². The Kier molecular flexibility index (Phi) is 2.60. The number of oxazole rings is 1. The molecule has 0 aliphatic carbocycles. The van der Waals surface area contributed by atoms with Gasteiger partial charge in [0.05, 0.1) is 6.20 Å². The second-order valence-electron chi connectivity index (χ2n) is 3.03. The molecule has 0 bridgehead atoms. The topological polar surface area (TPSA) is 52.0 Å². The van der Waals surface area contributed by atoms with Crippen LogP contribution in [0.4, 0.5) is 0 Å². The number of hydrogen-bond donors (Lipinski definition) is 1. The Balaban J connectivity index is 2.42. The van der Waals surface area contributed by atoms with Gasteiger partial charge in [-0.3, -0.25) is 0 Å². The fraction of sp³-hybridized carbons (Fsp3) is 0.182. The molecule has 0 aliphatic heterocycles. The van der Waals surface area contributed by atoms with Crippen LogP contribution in [0.15, 0.2) is 41.1 Å². The van der Waals surface area contributed by atoms with Crippen molar-refractivity contribution >= 4 is 0 Å². The lowest BCUT2D eigenvalue weighted by Gasteiger charge is -2.03. The van der Waals surface area contributed by atoms with Crippen molar-refractivity contribution in [3.63, 3.8) is 0 Å². The van der Waals surface area contributed by atoms with E-state index in [0.29, 0.717) is 12.4 Å². The number of rotatable bonds is 3. The predicted octanol–water partition coefficient (Wildman–Crippen LogP) is 1.84. The predicted molar refractivity (Wildman–Crippen MR) is 54.7 cm³/mol. The number of hydrogen-bond acceptors (Lipinski definition) is 3. The van der Waals surface area contributed by atoms with Crippen molar-refractivity contribution in [3.05, 3.63) is 42.3 Å². The molecule has 0 saturated carbocycles. The van der Waals surface area contributed by atoms with Gasteiger partial charge in [-0.2, -0.15) is 0 Å². The van der Waals surface area contributed by atoms with Crippen molar-refractivity contribution < 1.29 is 4.42 Å². The van der Waals surface area contributed by atoms with E-state index in [-0.39, 0.29) is 0 Å². The van der Waals surface area contributed by atoms with Crippen LogP contribution in [0.3, 0.4) is 0 Å². The van der Waals surface area contributed by atoms with Gasteiger partial charge in [-0.05, 0) is 24.6 Å². The molecule has 3 nitrogen and oxygen atoms in total. The van der Waals surface area contributed by atoms with Gasteiger partial charge < -0.3 is 10.2 Å². The fourth-order valence-corrected chi connectivity index (χ4v) is 1.46. The minimum atomic E-state index is 0.637. The fourth-order valence-electron chi connectivity index (χ4n) is 1.46. The van der Waals surface area contributed by atoms with Crippen LogP contribution in [0.1, 0.15) is 5.56 Å². The Bertz CT molecular complexity index is 395. The molecule has 0 unspecified atom stereocenters. The Morgan fingerprint density at radius 1 is 1.29 bits per heavy atom. The molecule has 3 heteroatoms. The highest BCUT2D eigenvalue weighted by molar-refractivity contribution is 5.58. The van der Waals surface area contributed by atoms with Crippen molar-refractivity contribution in [1.29, 1.82) is 0 Å². The van der Waals surface area contributed by atoms with Gasteiger partial charge in [-0.1, -0.05) is 18.2 Å². The smallest absolute Gasteiger partial charge is 0.226 e. The first-order chi connectivity index (χ1) is 6.92. The molecule has 0 radical (unpaired) electrons. The highest BCUT2D eigenvalue weighted by atomic mass is 16.3. The number of aromatic nitrogens is 1. The zero-order chi connectivity index (χ0) is 9.80. The Hall–Kier alpha value is -1.61. The summed E-state index contributed by atoms with van der Waals surface area (Å²) < 4.78 is 5.25. The quantitative estimate of drug-likeness (QED) is 0.799. The molecular weight excluding hydrogens is 176 g/mol. The number of nitrogens with two attached hydrogens (primary N) is 1. The van der Waals surface area contributed by atoms with Crippen LogP contribution in [-0.4, -0.2) is 11.5 Å². The van der Waals surface area contributed by atoms with Gasteiger partial charge in [-0.25, -0.2) is 4.98 Å². The third-order valence-electron chi connectivity index (χ3n) is 2.09. The lowest BCUT2D eigenvalue weighted by atomic mass is 10.0. The summed E-state index contributed by atoms with van der Waals surface area (Å²) in [4.78, 5) is 4.12. The SMILES string of the molecule is NCCc1ccccc1-c1ncco1. The van der Waals surface area contributed by atoms with Crippen molar-refractivity contribution in [2.24, 2.45) is 5.73 Å². The molecule has 0 amide bonds. The Morgan fingerprint density at radius 3 is 2.86 bits per heavy atom. The van der Waals surface area contributed by atoms with E-state index in [1.165, 1.54) is 5.56 Å². The highest BCUT2D eigenvalue weighted by Crippen LogP contribution is 2.21. The second kappa shape index (κ2) is 4.07. The normalized spacial score (nSPS) is 10.4. The van der Waals surface area contributed by atoms with E-state index >= 15 is 0 Å². The second-order valence-corrected chi connectivity index (χ2v) is 3.03. The minimum Gasteiger partial charge on any atom is -0.445 e. The molecule has 0 atom stereocenters. The van der Waals surface area contributed by atoms with Gasteiger partial charge in [0.1, 0.15) is 6.26 Å². The molecule has 0 saturated heterocycles. The van der Waals surface area contributed by atoms with E-state index in [2.05, 4.69) is 4.98 Å². The summed E-state index contributed by atoms with van der Waals surface area (Å²) in [5.41, 5.74) is 7.74. The molecule has 2 aromatic rings. The average Bonchev–Trinajstić information content (AvgIpc) is 2.72. The van der Waals surface area contributed by atoms with Gasteiger partial charge in [0.15, 0.2) is 0 Å².